The SMILES string of the molecule is CCCCCc1ccc(-n2c(C)cc(C(=O)CN3CC(C)CC(C)C3)c2C)cc1. The van der Waals surface area contributed by atoms with E-state index in [1.807, 2.05) is 0 Å². The van der Waals surface area contributed by atoms with E-state index in [2.05, 4.69) is 74.4 Å². The molecule has 3 heteroatoms. The highest BCUT2D eigenvalue weighted by molar-refractivity contribution is 5.99. The van der Waals surface area contributed by atoms with E-state index < -0.39 is 0 Å². The van der Waals surface area contributed by atoms with Gasteiger partial charge in [0.25, 0.3) is 0 Å². The molecule has 1 saturated heterocycles. The fourth-order valence-electron chi connectivity index (χ4n) is 5.04. The van der Waals surface area contributed by atoms with Crippen LogP contribution >= 0.6 is 0 Å². The summed E-state index contributed by atoms with van der Waals surface area (Å²) in [5.41, 5.74) is 5.61. The van der Waals surface area contributed by atoms with E-state index >= 15 is 0 Å². The lowest BCUT2D eigenvalue weighted by Gasteiger charge is -2.34. The van der Waals surface area contributed by atoms with E-state index in [0.29, 0.717) is 18.4 Å². The van der Waals surface area contributed by atoms with Crippen LogP contribution in [0.3, 0.4) is 0 Å². The topological polar surface area (TPSA) is 25.2 Å². The summed E-state index contributed by atoms with van der Waals surface area (Å²) in [6, 6.07) is 10.9. The Morgan fingerprint density at radius 3 is 2.31 bits per heavy atom. The fraction of sp³-hybridized carbons (Fsp3) is 0.577. The van der Waals surface area contributed by atoms with Gasteiger partial charge in [0.05, 0.1) is 6.54 Å². The van der Waals surface area contributed by atoms with Crippen LogP contribution in [-0.4, -0.2) is 34.9 Å². The van der Waals surface area contributed by atoms with Gasteiger partial charge < -0.3 is 4.57 Å². The quantitative estimate of drug-likeness (QED) is 0.406. The second-order valence-corrected chi connectivity index (χ2v) is 9.31. The third-order valence-corrected chi connectivity index (χ3v) is 6.31. The number of Topliss-reactive ketones (excluding diaryl/α,β-unsaturated/α-hetero) is 1. The zero-order valence-corrected chi connectivity index (χ0v) is 19.0. The first kappa shape index (κ1) is 21.8. The summed E-state index contributed by atoms with van der Waals surface area (Å²) in [7, 11) is 0. The maximum Gasteiger partial charge on any atom is 0.178 e. The largest absolute Gasteiger partial charge is 0.318 e. The van der Waals surface area contributed by atoms with Crippen LogP contribution in [0.5, 0.6) is 0 Å². The van der Waals surface area contributed by atoms with Gasteiger partial charge in [-0.2, -0.15) is 0 Å². The van der Waals surface area contributed by atoms with Crippen LogP contribution in [0.1, 0.15) is 73.8 Å². The maximum atomic E-state index is 13.1. The summed E-state index contributed by atoms with van der Waals surface area (Å²) < 4.78 is 2.23. The van der Waals surface area contributed by atoms with Crippen LogP contribution in [0.2, 0.25) is 0 Å². The zero-order chi connectivity index (χ0) is 21.0. The van der Waals surface area contributed by atoms with E-state index in [1.54, 1.807) is 0 Å². The van der Waals surface area contributed by atoms with Crippen molar-refractivity contribution in [2.75, 3.05) is 19.6 Å². The molecule has 0 amide bonds. The van der Waals surface area contributed by atoms with Crippen molar-refractivity contribution in [3.63, 3.8) is 0 Å². The number of rotatable bonds is 8. The maximum absolute atomic E-state index is 13.1. The smallest absolute Gasteiger partial charge is 0.178 e. The molecule has 1 fully saturated rings. The Hall–Kier alpha value is -1.87. The lowest BCUT2D eigenvalue weighted by atomic mass is 9.91. The van der Waals surface area contributed by atoms with Crippen LogP contribution in [0.15, 0.2) is 30.3 Å². The summed E-state index contributed by atoms with van der Waals surface area (Å²) in [4.78, 5) is 15.4. The van der Waals surface area contributed by atoms with Crippen LogP contribution in [0.4, 0.5) is 0 Å². The number of unbranched alkanes of at least 4 members (excludes halogenated alkanes) is 2. The van der Waals surface area contributed by atoms with Crippen molar-refractivity contribution >= 4 is 5.78 Å². The number of hydrogen-bond acceptors (Lipinski definition) is 2. The summed E-state index contributed by atoms with van der Waals surface area (Å²) in [6.07, 6.45) is 6.22. The van der Waals surface area contributed by atoms with E-state index in [9.17, 15) is 4.79 Å². The van der Waals surface area contributed by atoms with Crippen molar-refractivity contribution in [1.29, 1.82) is 0 Å². The molecule has 3 rings (SSSR count). The molecule has 2 unspecified atom stereocenters. The molecule has 0 bridgehead atoms. The van der Waals surface area contributed by atoms with Gasteiger partial charge in [-0.3, -0.25) is 9.69 Å². The molecule has 0 N–H and O–H groups in total. The zero-order valence-electron chi connectivity index (χ0n) is 19.0. The van der Waals surface area contributed by atoms with Gasteiger partial charge in [-0.1, -0.05) is 45.7 Å². The van der Waals surface area contributed by atoms with Crippen molar-refractivity contribution in [3.8, 4) is 5.69 Å². The Morgan fingerprint density at radius 1 is 1.03 bits per heavy atom. The van der Waals surface area contributed by atoms with Gasteiger partial charge in [0.2, 0.25) is 0 Å². The minimum absolute atomic E-state index is 0.252. The van der Waals surface area contributed by atoms with Crippen LogP contribution in [-0.2, 0) is 6.42 Å². The minimum Gasteiger partial charge on any atom is -0.318 e. The van der Waals surface area contributed by atoms with Gasteiger partial charge in [0, 0.05) is 35.7 Å². The average molecular weight is 395 g/mol. The summed E-state index contributed by atoms with van der Waals surface area (Å²) in [5, 5.41) is 0. The van der Waals surface area contributed by atoms with Crippen molar-refractivity contribution in [2.24, 2.45) is 11.8 Å². The van der Waals surface area contributed by atoms with Gasteiger partial charge >= 0.3 is 0 Å². The summed E-state index contributed by atoms with van der Waals surface area (Å²) >= 11 is 0. The molecule has 29 heavy (non-hydrogen) atoms. The molecule has 0 spiro atoms. The second kappa shape index (κ2) is 9.75. The molecule has 1 aromatic carbocycles. The third kappa shape index (κ3) is 5.39. The first-order valence-electron chi connectivity index (χ1n) is 11.4. The minimum atomic E-state index is 0.252. The number of benzene rings is 1. The predicted octanol–water partition coefficient (Wildman–Crippen LogP) is 5.99. The Morgan fingerprint density at radius 2 is 1.69 bits per heavy atom. The summed E-state index contributed by atoms with van der Waals surface area (Å²) in [5.74, 6) is 1.60. The van der Waals surface area contributed by atoms with Crippen LogP contribution in [0, 0.1) is 25.7 Å². The number of likely N-dealkylation sites (tertiary alicyclic amines) is 1. The summed E-state index contributed by atoms with van der Waals surface area (Å²) in [6.45, 7) is 13.6. The molecule has 2 heterocycles. The third-order valence-electron chi connectivity index (χ3n) is 6.31. The Kier molecular flexibility index (Phi) is 7.34. The van der Waals surface area contributed by atoms with E-state index in [4.69, 9.17) is 0 Å². The van der Waals surface area contributed by atoms with Crippen molar-refractivity contribution < 1.29 is 4.79 Å². The van der Waals surface area contributed by atoms with Gasteiger partial charge in [0.15, 0.2) is 5.78 Å². The normalized spacial score (nSPS) is 20.2. The molecule has 158 valence electrons. The lowest BCUT2D eigenvalue weighted by molar-refractivity contribution is 0.0849. The molecule has 0 aliphatic carbocycles. The van der Waals surface area contributed by atoms with Gasteiger partial charge in [-0.05, 0) is 68.7 Å². The Balaban J connectivity index is 1.73. The van der Waals surface area contributed by atoms with Crippen molar-refractivity contribution in [1.82, 2.24) is 9.47 Å². The van der Waals surface area contributed by atoms with Crippen LogP contribution < -0.4 is 0 Å². The number of ketones is 1. The van der Waals surface area contributed by atoms with Crippen molar-refractivity contribution in [3.05, 3.63) is 52.8 Å². The van der Waals surface area contributed by atoms with Gasteiger partial charge in [0.1, 0.15) is 0 Å². The monoisotopic (exact) mass is 394 g/mol. The molecule has 2 atom stereocenters. The molecule has 2 aromatic rings. The number of hydrogen-bond donors (Lipinski definition) is 0. The standard InChI is InChI=1S/C26H38N2O/c1-6-7-8-9-23-10-12-24(13-11-23)28-21(4)15-25(22(28)5)26(29)18-27-16-19(2)14-20(3)17-27/h10-13,15,19-20H,6-9,14,16-18H2,1-5H3. The first-order valence-corrected chi connectivity index (χ1v) is 11.4. The number of carbonyl (C=O) groups is 1. The number of piperidine rings is 1. The number of nitrogens with zero attached hydrogens (tertiary/aromatic N) is 2. The molecule has 0 radical (unpaired) electrons. The molecular weight excluding hydrogens is 356 g/mol. The predicted molar refractivity (Wildman–Crippen MR) is 122 cm³/mol. The average Bonchev–Trinajstić information content (AvgIpc) is 2.96. The van der Waals surface area contributed by atoms with Crippen LogP contribution in [0.25, 0.3) is 5.69 Å². The second-order valence-electron chi connectivity index (χ2n) is 9.31. The highest BCUT2D eigenvalue weighted by atomic mass is 16.1. The fourth-order valence-corrected chi connectivity index (χ4v) is 5.04. The van der Waals surface area contributed by atoms with E-state index in [-0.39, 0.29) is 5.78 Å². The Bertz CT molecular complexity index is 808. The number of aromatic nitrogens is 1. The first-order chi connectivity index (χ1) is 13.9. The van der Waals surface area contributed by atoms with Gasteiger partial charge in [-0.25, -0.2) is 0 Å². The number of aryl methyl sites for hydroxylation is 2. The molecular formula is C26H38N2O. The van der Waals surface area contributed by atoms with Crippen molar-refractivity contribution in [2.45, 2.75) is 66.7 Å². The highest BCUT2D eigenvalue weighted by Gasteiger charge is 2.25. The highest BCUT2D eigenvalue weighted by Crippen LogP contribution is 2.24. The van der Waals surface area contributed by atoms with Gasteiger partial charge in [-0.15, -0.1) is 0 Å². The molecule has 0 saturated carbocycles. The molecule has 1 aromatic heterocycles. The van der Waals surface area contributed by atoms with E-state index in [1.165, 1.54) is 31.2 Å². The van der Waals surface area contributed by atoms with E-state index in [0.717, 1.165) is 42.1 Å². The molecule has 1 aliphatic heterocycles. The Labute approximate surface area is 177 Å². The molecule has 1 aliphatic rings. The number of carbonyl (C=O) groups excluding carboxylic acids is 1. The molecule has 3 nitrogen and oxygen atoms in total. The lowest BCUT2D eigenvalue weighted by Crippen LogP contribution is -2.41.